The zero-order chi connectivity index (χ0) is 41.2. The third-order valence-electron chi connectivity index (χ3n) is 7.67. The van der Waals surface area contributed by atoms with Gasteiger partial charge in [0.15, 0.2) is 5.69 Å². The molecule has 2 aromatic heterocycles. The van der Waals surface area contributed by atoms with E-state index in [2.05, 4.69) is 46.2 Å². The topological polar surface area (TPSA) is 304 Å². The Morgan fingerprint density at radius 3 is 1.96 bits per heavy atom. The molecule has 0 fully saturated rings. The maximum absolute atomic E-state index is 13.4. The van der Waals surface area contributed by atoms with Crippen molar-refractivity contribution in [3.05, 3.63) is 80.7 Å². The summed E-state index contributed by atoms with van der Waals surface area (Å²) in [7, 11) is -12.1. The average molecular weight is 873 g/mol. The Kier molecular flexibility index (Phi) is 12.5. The molecular weight excluding hydrogens is 842 g/mol. The molecule has 0 saturated heterocycles. The number of benzene rings is 3. The predicted molar refractivity (Wildman–Crippen MR) is 206 cm³/mol. The second-order valence-electron chi connectivity index (χ2n) is 11.7. The van der Waals surface area contributed by atoms with E-state index in [-0.39, 0.29) is 50.5 Å². The normalized spacial score (nSPS) is 12.4. The van der Waals surface area contributed by atoms with Crippen molar-refractivity contribution in [2.75, 3.05) is 42.6 Å². The van der Waals surface area contributed by atoms with Gasteiger partial charge in [-0.1, -0.05) is 30.1 Å². The first kappa shape index (κ1) is 42.1. The molecule has 0 spiro atoms. The minimum Gasteiger partial charge on any atom is -0.353 e. The number of anilines is 5. The molecule has 0 bridgehead atoms. The van der Waals surface area contributed by atoms with E-state index in [0.29, 0.717) is 18.8 Å². The smallest absolute Gasteiger partial charge is 0.299 e. The Hall–Kier alpha value is -5.05. The van der Waals surface area contributed by atoms with Gasteiger partial charge in [0.1, 0.15) is 15.5 Å². The fourth-order valence-corrected chi connectivity index (χ4v) is 7.18. The van der Waals surface area contributed by atoms with Gasteiger partial charge < -0.3 is 20.9 Å². The highest BCUT2D eigenvalue weighted by Gasteiger charge is 2.22. The van der Waals surface area contributed by atoms with Crippen LogP contribution in [0.15, 0.2) is 84.3 Å². The highest BCUT2D eigenvalue weighted by atomic mass is 35.5. The number of halogens is 2. The molecule has 298 valence electrons. The molecule has 0 amide bonds. The zero-order valence-corrected chi connectivity index (χ0v) is 33.1. The minimum absolute atomic E-state index is 0.00357. The lowest BCUT2D eigenvalue weighted by Crippen LogP contribution is -2.25. The van der Waals surface area contributed by atoms with Gasteiger partial charge in [0.2, 0.25) is 17.8 Å². The van der Waals surface area contributed by atoms with Crippen LogP contribution in [-0.4, -0.2) is 95.2 Å². The summed E-state index contributed by atoms with van der Waals surface area (Å²) in [6.07, 6.45) is 0. The summed E-state index contributed by atoms with van der Waals surface area (Å²) in [5.41, 5.74) is -1.14. The van der Waals surface area contributed by atoms with Crippen LogP contribution >= 0.6 is 23.2 Å². The number of azo groups is 1. The van der Waals surface area contributed by atoms with E-state index in [4.69, 9.17) is 23.2 Å². The third kappa shape index (κ3) is 10.2. The quantitative estimate of drug-likeness (QED) is 0.0539. The summed E-state index contributed by atoms with van der Waals surface area (Å²) in [4.78, 5) is 26.8. The molecule has 0 saturated carbocycles. The van der Waals surface area contributed by atoms with Crippen molar-refractivity contribution in [1.82, 2.24) is 29.6 Å². The SMILES string of the molecule is CCN(C)CCNc1nc(Nc2ccc(S(=O)(=O)O)cc2)nc(Nc2ccc(S(=O)(=O)O)c(N=Nc3c(C)[nH]n(-c4cc(Cl)c(S(=O)(=O)O)cc4Cl)c3=O)c2)n1. The van der Waals surface area contributed by atoms with Crippen molar-refractivity contribution in [3.8, 4) is 5.69 Å². The minimum atomic E-state index is -4.88. The summed E-state index contributed by atoms with van der Waals surface area (Å²) in [6.45, 7) is 5.26. The van der Waals surface area contributed by atoms with E-state index in [1.54, 1.807) is 0 Å². The van der Waals surface area contributed by atoms with E-state index in [1.807, 2.05) is 18.9 Å². The summed E-state index contributed by atoms with van der Waals surface area (Å²) in [5, 5.41) is 18.7. The lowest BCUT2D eigenvalue weighted by molar-refractivity contribution is 0.367. The van der Waals surface area contributed by atoms with Gasteiger partial charge in [0.25, 0.3) is 35.9 Å². The number of hydrogen-bond acceptors (Lipinski definition) is 16. The summed E-state index contributed by atoms with van der Waals surface area (Å²) < 4.78 is 100. The van der Waals surface area contributed by atoms with Crippen LogP contribution in [0.3, 0.4) is 0 Å². The molecule has 0 aliphatic heterocycles. The van der Waals surface area contributed by atoms with Crippen LogP contribution in [-0.2, 0) is 30.4 Å². The lowest BCUT2D eigenvalue weighted by Gasteiger charge is -2.15. The lowest BCUT2D eigenvalue weighted by atomic mass is 10.3. The molecule has 0 atom stereocenters. The molecule has 0 radical (unpaired) electrons. The Morgan fingerprint density at radius 2 is 1.38 bits per heavy atom. The van der Waals surface area contributed by atoms with E-state index in [1.165, 1.54) is 43.3 Å². The van der Waals surface area contributed by atoms with Gasteiger partial charge in [-0.05, 0) is 75.1 Å². The van der Waals surface area contributed by atoms with Crippen molar-refractivity contribution in [2.45, 2.75) is 28.5 Å². The summed E-state index contributed by atoms with van der Waals surface area (Å²) >= 11 is 12.2. The Bertz CT molecular complexity index is 2730. The fourth-order valence-electron chi connectivity index (χ4n) is 4.76. The van der Waals surface area contributed by atoms with Crippen LogP contribution in [0.5, 0.6) is 0 Å². The maximum Gasteiger partial charge on any atom is 0.299 e. The van der Waals surface area contributed by atoms with Crippen molar-refractivity contribution in [2.24, 2.45) is 10.2 Å². The van der Waals surface area contributed by atoms with Gasteiger partial charge in [-0.3, -0.25) is 23.6 Å². The second-order valence-corrected chi connectivity index (χ2v) is 16.7. The Balaban J connectivity index is 1.49. The molecule has 0 unspecified atom stereocenters. The van der Waals surface area contributed by atoms with Crippen LogP contribution < -0.4 is 21.5 Å². The second kappa shape index (κ2) is 16.6. The number of H-pyrrole nitrogens is 1. The van der Waals surface area contributed by atoms with Gasteiger partial charge in [0.05, 0.1) is 26.3 Å². The highest BCUT2D eigenvalue weighted by Crippen LogP contribution is 2.33. The molecule has 56 heavy (non-hydrogen) atoms. The van der Waals surface area contributed by atoms with Crippen LogP contribution in [0.25, 0.3) is 5.69 Å². The largest absolute Gasteiger partial charge is 0.353 e. The first-order valence-electron chi connectivity index (χ1n) is 15.8. The van der Waals surface area contributed by atoms with Crippen LogP contribution in [0.1, 0.15) is 12.6 Å². The number of rotatable bonds is 15. The number of aromatic nitrogens is 5. The first-order valence-corrected chi connectivity index (χ1v) is 20.8. The number of hydrogen-bond donors (Lipinski definition) is 7. The third-order valence-corrected chi connectivity index (χ3v) is 11.1. The number of likely N-dealkylation sites (N-methyl/N-ethyl adjacent to an activating group) is 1. The molecule has 2 heterocycles. The molecule has 0 aliphatic rings. The summed E-state index contributed by atoms with van der Waals surface area (Å²) in [5.74, 6) is 0.0497. The molecule has 21 nitrogen and oxygen atoms in total. The zero-order valence-electron chi connectivity index (χ0n) is 29.1. The van der Waals surface area contributed by atoms with Gasteiger partial charge >= 0.3 is 0 Å². The molecule has 0 aliphatic carbocycles. The van der Waals surface area contributed by atoms with Crippen LogP contribution in [0, 0.1) is 6.92 Å². The number of aryl methyl sites for hydroxylation is 1. The Morgan fingerprint density at radius 1 is 0.786 bits per heavy atom. The van der Waals surface area contributed by atoms with Gasteiger partial charge in [-0.25, -0.2) is 4.68 Å². The molecule has 26 heteroatoms. The van der Waals surface area contributed by atoms with Crippen LogP contribution in [0.4, 0.5) is 40.6 Å². The van der Waals surface area contributed by atoms with Crippen LogP contribution in [0.2, 0.25) is 10.0 Å². The molecule has 5 rings (SSSR count). The average Bonchev–Trinajstić information content (AvgIpc) is 3.38. The first-order chi connectivity index (χ1) is 26.1. The van der Waals surface area contributed by atoms with E-state index in [9.17, 15) is 43.7 Å². The van der Waals surface area contributed by atoms with Gasteiger partial charge in [-0.15, -0.1) is 10.2 Å². The van der Waals surface area contributed by atoms with Crippen molar-refractivity contribution in [3.63, 3.8) is 0 Å². The predicted octanol–water partition coefficient (Wildman–Crippen LogP) is 4.97. The standard InChI is InChI=1S/C30H31Cl2N11O10S3/c1-4-42(3)12-11-33-28-36-29(34-17-5-8-19(9-6-17)54(45,46)47)38-30(37-28)35-18-7-10-24(55(48,49)50)22(13-18)39-40-26-16(2)41-43(27(26)44)23-14-21(32)25(15-20(23)31)56(51,52)53/h5-10,13-15,41H,4,11-12H2,1-3H3,(H,45,46,47)(H,48,49,50)(H,51,52,53)(H3,33,34,35,36,37,38). The van der Waals surface area contributed by atoms with Crippen molar-refractivity contribution < 1.29 is 38.9 Å². The van der Waals surface area contributed by atoms with Gasteiger partial charge in [-0.2, -0.15) is 40.2 Å². The fraction of sp³-hybridized carbons (Fsp3) is 0.200. The Labute approximate surface area is 329 Å². The maximum atomic E-state index is 13.4. The molecule has 3 aromatic carbocycles. The van der Waals surface area contributed by atoms with E-state index in [0.717, 1.165) is 29.4 Å². The monoisotopic (exact) mass is 871 g/mol. The van der Waals surface area contributed by atoms with Crippen molar-refractivity contribution >= 4 is 94.2 Å². The molecule has 7 N–H and O–H groups in total. The number of nitrogens with one attached hydrogen (secondary N) is 4. The number of nitrogens with zero attached hydrogens (tertiary/aromatic N) is 7. The van der Waals surface area contributed by atoms with E-state index >= 15 is 0 Å². The molecule has 5 aromatic rings. The number of aromatic amines is 1. The summed E-state index contributed by atoms with van der Waals surface area (Å²) in [6, 6.07) is 10.4. The highest BCUT2D eigenvalue weighted by molar-refractivity contribution is 7.86. The van der Waals surface area contributed by atoms with Gasteiger partial charge in [0, 0.05) is 24.5 Å². The molecular formula is C30H31Cl2N11O10S3. The van der Waals surface area contributed by atoms with Crippen molar-refractivity contribution in [1.29, 1.82) is 0 Å². The van der Waals surface area contributed by atoms with E-state index < -0.39 is 56.4 Å².